The second kappa shape index (κ2) is 3.83. The zero-order chi connectivity index (χ0) is 11.0. The molecule has 0 spiro atoms. The molecule has 2 fully saturated rings. The monoisotopic (exact) mass is 210 g/mol. The van der Waals surface area contributed by atoms with E-state index in [0.717, 1.165) is 25.7 Å². The Morgan fingerprint density at radius 2 is 2.07 bits per heavy atom. The average molecular weight is 210 g/mol. The van der Waals surface area contributed by atoms with Gasteiger partial charge < -0.3 is 10.2 Å². The summed E-state index contributed by atoms with van der Waals surface area (Å²) in [5.74, 6) is 0.521. The van der Waals surface area contributed by atoms with Crippen LogP contribution in [-0.2, 0) is 9.59 Å². The quantitative estimate of drug-likeness (QED) is 0.738. The maximum absolute atomic E-state index is 11.9. The Hall–Kier alpha value is -1.06. The van der Waals surface area contributed by atoms with Gasteiger partial charge in [0.1, 0.15) is 12.1 Å². The summed E-state index contributed by atoms with van der Waals surface area (Å²) in [6.45, 7) is 2.02. The van der Waals surface area contributed by atoms with Gasteiger partial charge in [0, 0.05) is 7.05 Å². The van der Waals surface area contributed by atoms with Gasteiger partial charge in [-0.25, -0.2) is 0 Å². The van der Waals surface area contributed by atoms with E-state index in [2.05, 4.69) is 5.32 Å². The molecule has 1 aliphatic carbocycles. The third-order valence-electron chi connectivity index (χ3n) is 3.29. The van der Waals surface area contributed by atoms with Crippen molar-refractivity contribution in [3.8, 4) is 0 Å². The molecule has 0 bridgehead atoms. The van der Waals surface area contributed by atoms with Crippen LogP contribution < -0.4 is 5.32 Å². The summed E-state index contributed by atoms with van der Waals surface area (Å²) in [6, 6.07) is -0.492. The summed E-state index contributed by atoms with van der Waals surface area (Å²) in [6.07, 6.45) is 3.81. The highest BCUT2D eigenvalue weighted by atomic mass is 16.2. The second-order valence-electron chi connectivity index (χ2n) is 4.58. The predicted octanol–water partition coefficient (Wildman–Crippen LogP) is 0.522. The molecule has 2 unspecified atom stereocenters. The lowest BCUT2D eigenvalue weighted by Crippen LogP contribution is -2.62. The van der Waals surface area contributed by atoms with Crippen molar-refractivity contribution in [1.82, 2.24) is 10.2 Å². The Balaban J connectivity index is 2.08. The van der Waals surface area contributed by atoms with Crippen molar-refractivity contribution in [2.24, 2.45) is 5.92 Å². The van der Waals surface area contributed by atoms with Gasteiger partial charge in [-0.1, -0.05) is 13.3 Å². The van der Waals surface area contributed by atoms with E-state index in [1.54, 1.807) is 11.9 Å². The molecule has 84 valence electrons. The molecule has 1 saturated carbocycles. The molecular formula is C11H18N2O2. The summed E-state index contributed by atoms with van der Waals surface area (Å²) in [7, 11) is 1.76. The SMILES string of the molecule is CCCC1NC(=O)C(C2CC2)N(C)C1=O. The number of rotatable bonds is 3. The van der Waals surface area contributed by atoms with Crippen LogP contribution in [0.3, 0.4) is 0 Å². The molecule has 0 aromatic rings. The van der Waals surface area contributed by atoms with Crippen LogP contribution >= 0.6 is 0 Å². The van der Waals surface area contributed by atoms with Gasteiger partial charge >= 0.3 is 0 Å². The van der Waals surface area contributed by atoms with Crippen molar-refractivity contribution in [3.05, 3.63) is 0 Å². The van der Waals surface area contributed by atoms with E-state index >= 15 is 0 Å². The predicted molar refractivity (Wildman–Crippen MR) is 56.1 cm³/mol. The van der Waals surface area contributed by atoms with Gasteiger partial charge in [0.2, 0.25) is 11.8 Å². The van der Waals surface area contributed by atoms with Gasteiger partial charge in [-0.2, -0.15) is 0 Å². The fourth-order valence-corrected chi connectivity index (χ4v) is 2.30. The first kappa shape index (κ1) is 10.5. The Morgan fingerprint density at radius 1 is 1.40 bits per heavy atom. The van der Waals surface area contributed by atoms with Crippen molar-refractivity contribution in [3.63, 3.8) is 0 Å². The van der Waals surface area contributed by atoms with E-state index in [1.807, 2.05) is 6.92 Å². The molecule has 1 heterocycles. The highest BCUT2D eigenvalue weighted by Crippen LogP contribution is 2.36. The first-order valence-electron chi connectivity index (χ1n) is 5.72. The Kier molecular flexibility index (Phi) is 2.67. The Morgan fingerprint density at radius 3 is 2.60 bits per heavy atom. The van der Waals surface area contributed by atoms with Crippen LogP contribution in [0.25, 0.3) is 0 Å². The van der Waals surface area contributed by atoms with Crippen molar-refractivity contribution in [2.45, 2.75) is 44.7 Å². The van der Waals surface area contributed by atoms with Crippen molar-refractivity contribution >= 4 is 11.8 Å². The summed E-state index contributed by atoms with van der Waals surface area (Å²) >= 11 is 0. The third kappa shape index (κ3) is 1.85. The molecule has 2 amide bonds. The molecule has 1 saturated heterocycles. The number of nitrogens with zero attached hydrogens (tertiary/aromatic N) is 1. The number of hydrogen-bond acceptors (Lipinski definition) is 2. The van der Waals surface area contributed by atoms with E-state index < -0.39 is 0 Å². The largest absolute Gasteiger partial charge is 0.342 e. The average Bonchev–Trinajstić information content (AvgIpc) is 2.98. The number of nitrogens with one attached hydrogen (secondary N) is 1. The number of piperazine rings is 1. The lowest BCUT2D eigenvalue weighted by atomic mass is 10.0. The van der Waals surface area contributed by atoms with E-state index in [9.17, 15) is 9.59 Å². The highest BCUT2D eigenvalue weighted by molar-refractivity contribution is 5.97. The normalized spacial score (nSPS) is 31.7. The molecule has 15 heavy (non-hydrogen) atoms. The van der Waals surface area contributed by atoms with Gasteiger partial charge in [0.15, 0.2) is 0 Å². The Labute approximate surface area is 90.0 Å². The smallest absolute Gasteiger partial charge is 0.245 e. The minimum absolute atomic E-state index is 0.0399. The fourth-order valence-electron chi connectivity index (χ4n) is 2.30. The molecule has 0 aromatic heterocycles. The highest BCUT2D eigenvalue weighted by Gasteiger charge is 2.45. The van der Waals surface area contributed by atoms with Crippen LogP contribution in [-0.4, -0.2) is 35.8 Å². The minimum atomic E-state index is -0.289. The zero-order valence-electron chi connectivity index (χ0n) is 9.32. The number of hydrogen-bond donors (Lipinski definition) is 1. The summed E-state index contributed by atoms with van der Waals surface area (Å²) in [5.41, 5.74) is 0. The number of amides is 2. The molecule has 0 radical (unpaired) electrons. The van der Waals surface area contributed by atoms with Crippen LogP contribution in [0.5, 0.6) is 0 Å². The van der Waals surface area contributed by atoms with Gasteiger partial charge in [0.05, 0.1) is 0 Å². The van der Waals surface area contributed by atoms with Crippen LogP contribution in [0, 0.1) is 5.92 Å². The molecule has 2 aliphatic rings. The van der Waals surface area contributed by atoms with Gasteiger partial charge in [-0.05, 0) is 25.2 Å². The summed E-state index contributed by atoms with van der Waals surface area (Å²) in [5, 5.41) is 2.84. The molecular weight excluding hydrogens is 192 g/mol. The van der Waals surface area contributed by atoms with Gasteiger partial charge in [0.25, 0.3) is 0 Å². The standard InChI is InChI=1S/C11H18N2O2/c1-3-4-8-11(15)13(2)9(7-5-6-7)10(14)12-8/h7-9H,3-6H2,1-2H3,(H,12,14). The first-order valence-corrected chi connectivity index (χ1v) is 5.72. The van der Waals surface area contributed by atoms with Crippen LogP contribution in [0.2, 0.25) is 0 Å². The van der Waals surface area contributed by atoms with E-state index in [0.29, 0.717) is 5.92 Å². The van der Waals surface area contributed by atoms with Gasteiger partial charge in [-0.3, -0.25) is 9.59 Å². The lowest BCUT2D eigenvalue weighted by molar-refractivity contribution is -0.148. The number of carbonyl (C=O) groups excluding carboxylic acids is 2. The maximum Gasteiger partial charge on any atom is 0.245 e. The second-order valence-corrected chi connectivity index (χ2v) is 4.58. The number of carbonyl (C=O) groups is 2. The van der Waals surface area contributed by atoms with E-state index in [4.69, 9.17) is 0 Å². The molecule has 2 rings (SSSR count). The molecule has 4 nitrogen and oxygen atoms in total. The van der Waals surface area contributed by atoms with E-state index in [1.165, 1.54) is 0 Å². The molecule has 1 N–H and O–H groups in total. The third-order valence-corrected chi connectivity index (χ3v) is 3.29. The van der Waals surface area contributed by atoms with Crippen LogP contribution in [0.1, 0.15) is 32.6 Å². The zero-order valence-corrected chi connectivity index (χ0v) is 9.32. The number of likely N-dealkylation sites (N-methyl/N-ethyl adjacent to an activating group) is 1. The van der Waals surface area contributed by atoms with Crippen molar-refractivity contribution < 1.29 is 9.59 Å². The van der Waals surface area contributed by atoms with Gasteiger partial charge in [-0.15, -0.1) is 0 Å². The lowest BCUT2D eigenvalue weighted by Gasteiger charge is -2.36. The molecule has 4 heteroatoms. The van der Waals surface area contributed by atoms with Crippen molar-refractivity contribution in [1.29, 1.82) is 0 Å². The summed E-state index contributed by atoms with van der Waals surface area (Å²) < 4.78 is 0. The topological polar surface area (TPSA) is 49.4 Å². The molecule has 2 atom stereocenters. The van der Waals surface area contributed by atoms with E-state index in [-0.39, 0.29) is 23.9 Å². The first-order chi connectivity index (χ1) is 7.15. The fraction of sp³-hybridized carbons (Fsp3) is 0.818. The molecule has 1 aliphatic heterocycles. The minimum Gasteiger partial charge on any atom is -0.342 e. The maximum atomic E-state index is 11.9. The van der Waals surface area contributed by atoms with Crippen molar-refractivity contribution in [2.75, 3.05) is 7.05 Å². The van der Waals surface area contributed by atoms with Crippen LogP contribution in [0.15, 0.2) is 0 Å². The summed E-state index contributed by atoms with van der Waals surface area (Å²) in [4.78, 5) is 25.4. The molecule has 0 aromatic carbocycles. The van der Waals surface area contributed by atoms with Crippen LogP contribution in [0.4, 0.5) is 0 Å². The Bertz CT molecular complexity index is 286.